The molecule has 5 rings (SSSR count). The molecule has 3 atom stereocenters. The minimum absolute atomic E-state index is 0.0778. The van der Waals surface area contributed by atoms with Crippen LogP contribution in [0.5, 0.6) is 0 Å². The molecule has 3 N–H and O–H groups in total. The van der Waals surface area contributed by atoms with Crippen LogP contribution in [-0.2, 0) is 10.3 Å². The average molecular weight is 449 g/mol. The van der Waals surface area contributed by atoms with Crippen molar-refractivity contribution in [2.24, 2.45) is 22.1 Å². The maximum absolute atomic E-state index is 13.6. The molecule has 0 bridgehead atoms. The van der Waals surface area contributed by atoms with E-state index in [0.717, 1.165) is 55.1 Å². The Bertz CT molecular complexity index is 1130. The van der Waals surface area contributed by atoms with Gasteiger partial charge in [0.05, 0.1) is 17.0 Å². The Morgan fingerprint density at radius 1 is 1.31 bits per heavy atom. The third-order valence-corrected chi connectivity index (χ3v) is 8.58. The highest BCUT2D eigenvalue weighted by Gasteiger charge is 2.73. The molecule has 1 saturated heterocycles. The van der Waals surface area contributed by atoms with Crippen molar-refractivity contribution in [1.29, 1.82) is 5.26 Å². The van der Waals surface area contributed by atoms with Crippen molar-refractivity contribution in [3.63, 3.8) is 0 Å². The van der Waals surface area contributed by atoms with E-state index in [9.17, 15) is 10.1 Å². The van der Waals surface area contributed by atoms with E-state index in [-0.39, 0.29) is 17.8 Å². The molecule has 32 heavy (non-hydrogen) atoms. The summed E-state index contributed by atoms with van der Waals surface area (Å²) in [5.41, 5.74) is 7.62. The fraction of sp³-hybridized carbons (Fsp3) is 0.458. The van der Waals surface area contributed by atoms with Crippen LogP contribution in [0, 0.1) is 22.7 Å². The predicted octanol–water partition coefficient (Wildman–Crippen LogP) is 2.20. The Morgan fingerprint density at radius 2 is 2.09 bits per heavy atom. The summed E-state index contributed by atoms with van der Waals surface area (Å²) in [6.07, 6.45) is 0.824. The maximum atomic E-state index is 13.6. The summed E-state index contributed by atoms with van der Waals surface area (Å²) in [5, 5.41) is 14.7. The molecule has 2 aromatic rings. The first-order chi connectivity index (χ1) is 15.4. The summed E-state index contributed by atoms with van der Waals surface area (Å²) in [7, 11) is 1.73. The summed E-state index contributed by atoms with van der Waals surface area (Å²) in [6, 6.07) is 11.9. The number of nitrogens with zero attached hydrogens (tertiary/aromatic N) is 4. The van der Waals surface area contributed by atoms with Crippen LogP contribution in [0.25, 0.3) is 11.1 Å². The molecule has 1 aromatic heterocycles. The van der Waals surface area contributed by atoms with E-state index in [0.29, 0.717) is 5.56 Å². The van der Waals surface area contributed by atoms with Crippen molar-refractivity contribution >= 4 is 23.2 Å². The minimum atomic E-state index is -0.699. The van der Waals surface area contributed by atoms with Gasteiger partial charge in [-0.25, -0.2) is 4.99 Å². The molecule has 0 radical (unpaired) electrons. The lowest BCUT2D eigenvalue weighted by molar-refractivity contribution is -0.137. The molecule has 1 saturated carbocycles. The number of carbonyl (C=O) groups is 1. The van der Waals surface area contributed by atoms with Gasteiger partial charge < -0.3 is 16.0 Å². The largest absolute Gasteiger partial charge is 0.369 e. The number of nitrogens with two attached hydrogens (primary N) is 1. The van der Waals surface area contributed by atoms with Gasteiger partial charge in [-0.1, -0.05) is 12.1 Å². The van der Waals surface area contributed by atoms with Crippen LogP contribution in [0.3, 0.4) is 0 Å². The summed E-state index contributed by atoms with van der Waals surface area (Å²) in [5.74, 6) is 0.608. The molecular formula is C24H28N6OS. The Balaban J connectivity index is 1.51. The predicted molar refractivity (Wildman–Crippen MR) is 126 cm³/mol. The van der Waals surface area contributed by atoms with Gasteiger partial charge >= 0.3 is 0 Å². The SMILES string of the molecule is CN1C(=O)C2(CC2CN2CCNCC2)[C@@](C)(c2cc(-c3cccc(C#N)c3)cs2)N=C1N. The smallest absolute Gasteiger partial charge is 0.238 e. The van der Waals surface area contributed by atoms with Gasteiger partial charge in [-0.15, -0.1) is 11.3 Å². The third kappa shape index (κ3) is 3.15. The molecule has 1 spiro atoms. The van der Waals surface area contributed by atoms with E-state index >= 15 is 0 Å². The van der Waals surface area contributed by atoms with Crippen LogP contribution < -0.4 is 11.1 Å². The summed E-state index contributed by atoms with van der Waals surface area (Å²) >= 11 is 1.62. The van der Waals surface area contributed by atoms with Gasteiger partial charge in [0.1, 0.15) is 5.54 Å². The van der Waals surface area contributed by atoms with E-state index in [1.807, 2.05) is 18.2 Å². The molecule has 2 aliphatic heterocycles. The molecule has 3 aliphatic rings. The zero-order valence-electron chi connectivity index (χ0n) is 18.5. The van der Waals surface area contributed by atoms with E-state index < -0.39 is 11.0 Å². The Labute approximate surface area is 192 Å². The minimum Gasteiger partial charge on any atom is -0.369 e. The first-order valence-electron chi connectivity index (χ1n) is 11.0. The van der Waals surface area contributed by atoms with Crippen LogP contribution >= 0.6 is 11.3 Å². The normalized spacial score (nSPS) is 30.3. The van der Waals surface area contributed by atoms with Crippen molar-refractivity contribution in [2.75, 3.05) is 39.8 Å². The van der Waals surface area contributed by atoms with Gasteiger partial charge in [0.2, 0.25) is 5.91 Å². The standard InChI is InChI=1S/C24H28N6OS/c1-23(20-11-18(15-32-20)17-5-3-4-16(10-17)13-25)24(21(31)29(2)22(26)28-23)12-19(24)14-30-8-6-27-7-9-30/h3-5,10-11,15,19,27H,6-9,12,14H2,1-2H3,(H2,26,28)/t19?,23-,24?/m1/s1. The van der Waals surface area contributed by atoms with Crippen LogP contribution in [-0.4, -0.2) is 61.4 Å². The average Bonchev–Trinajstić information content (AvgIpc) is 3.30. The number of hydrogen-bond donors (Lipinski definition) is 2. The van der Waals surface area contributed by atoms with Gasteiger partial charge in [-0.2, -0.15) is 5.26 Å². The van der Waals surface area contributed by atoms with Gasteiger partial charge in [0.25, 0.3) is 0 Å². The number of amides is 1. The molecule has 3 heterocycles. The van der Waals surface area contributed by atoms with E-state index in [2.05, 4.69) is 34.7 Å². The summed E-state index contributed by atoms with van der Waals surface area (Å²) in [4.78, 5) is 23.6. The Morgan fingerprint density at radius 3 is 2.84 bits per heavy atom. The maximum Gasteiger partial charge on any atom is 0.238 e. The summed E-state index contributed by atoms with van der Waals surface area (Å²) in [6.45, 7) is 6.99. The lowest BCUT2D eigenvalue weighted by Crippen LogP contribution is -2.56. The topological polar surface area (TPSA) is 97.8 Å². The second-order valence-corrected chi connectivity index (χ2v) is 10.1. The van der Waals surface area contributed by atoms with Gasteiger partial charge in [0, 0.05) is 44.6 Å². The number of benzene rings is 1. The first kappa shape index (κ1) is 21.1. The molecule has 1 aliphatic carbocycles. The quantitative estimate of drug-likeness (QED) is 0.747. The van der Waals surface area contributed by atoms with Gasteiger partial charge in [0.15, 0.2) is 5.96 Å². The number of guanidine groups is 1. The number of hydrogen-bond acceptors (Lipinski definition) is 7. The van der Waals surface area contributed by atoms with E-state index in [1.165, 1.54) is 4.90 Å². The van der Waals surface area contributed by atoms with Crippen molar-refractivity contribution in [3.05, 3.63) is 46.2 Å². The Kier molecular flexibility index (Phi) is 5.08. The lowest BCUT2D eigenvalue weighted by atomic mass is 9.77. The lowest BCUT2D eigenvalue weighted by Gasteiger charge is -2.42. The molecular weight excluding hydrogens is 420 g/mol. The first-order valence-corrected chi connectivity index (χ1v) is 11.9. The number of nitrogens with one attached hydrogen (secondary N) is 1. The van der Waals surface area contributed by atoms with Gasteiger partial charge in [-0.05, 0) is 54.0 Å². The van der Waals surface area contributed by atoms with Crippen LogP contribution in [0.1, 0.15) is 23.8 Å². The van der Waals surface area contributed by atoms with E-state index in [1.54, 1.807) is 24.5 Å². The molecule has 8 heteroatoms. The van der Waals surface area contributed by atoms with Crippen molar-refractivity contribution in [3.8, 4) is 17.2 Å². The fourth-order valence-electron chi connectivity index (χ4n) is 5.42. The number of nitriles is 1. The molecule has 2 fully saturated rings. The van der Waals surface area contributed by atoms with Crippen molar-refractivity contribution in [1.82, 2.24) is 15.1 Å². The molecule has 7 nitrogen and oxygen atoms in total. The molecule has 166 valence electrons. The van der Waals surface area contributed by atoms with Gasteiger partial charge in [-0.3, -0.25) is 9.69 Å². The second kappa shape index (κ2) is 7.69. The fourth-order valence-corrected chi connectivity index (χ4v) is 6.53. The number of rotatable bonds is 4. The van der Waals surface area contributed by atoms with Crippen LogP contribution in [0.4, 0.5) is 0 Å². The van der Waals surface area contributed by atoms with E-state index in [4.69, 9.17) is 10.7 Å². The monoisotopic (exact) mass is 448 g/mol. The zero-order chi connectivity index (χ0) is 22.5. The van der Waals surface area contributed by atoms with Crippen molar-refractivity contribution < 1.29 is 4.79 Å². The summed E-state index contributed by atoms with van der Waals surface area (Å²) < 4.78 is 0. The molecule has 1 amide bonds. The second-order valence-electron chi connectivity index (χ2n) is 9.22. The number of aliphatic imine (C=N–C) groups is 1. The molecule has 2 unspecified atom stereocenters. The number of thiophene rings is 1. The van der Waals surface area contributed by atoms with Crippen LogP contribution in [0.15, 0.2) is 40.7 Å². The zero-order valence-corrected chi connectivity index (χ0v) is 19.3. The third-order valence-electron chi connectivity index (χ3n) is 7.43. The highest BCUT2D eigenvalue weighted by atomic mass is 32.1. The van der Waals surface area contributed by atoms with Crippen molar-refractivity contribution in [2.45, 2.75) is 18.9 Å². The highest BCUT2D eigenvalue weighted by Crippen LogP contribution is 2.67. The molecule has 1 aromatic carbocycles. The number of carbonyl (C=O) groups excluding carboxylic acids is 1. The highest BCUT2D eigenvalue weighted by molar-refractivity contribution is 7.10. The van der Waals surface area contributed by atoms with Crippen LogP contribution in [0.2, 0.25) is 0 Å². The number of piperazine rings is 1. The Hall–Kier alpha value is -2.73.